The topological polar surface area (TPSA) is 64.7 Å². The zero-order valence-corrected chi connectivity index (χ0v) is 9.53. The minimum Gasteiger partial charge on any atom is -0.329 e. The minimum absolute atomic E-state index is 0.118. The lowest BCUT2D eigenvalue weighted by Gasteiger charge is -2.34. The number of rotatable bonds is 3. The Morgan fingerprint density at radius 2 is 2.19 bits per heavy atom. The van der Waals surface area contributed by atoms with Gasteiger partial charge in [0.2, 0.25) is 5.91 Å². The summed E-state index contributed by atoms with van der Waals surface area (Å²) in [4.78, 5) is 26.3. The van der Waals surface area contributed by atoms with E-state index >= 15 is 0 Å². The highest BCUT2D eigenvalue weighted by molar-refractivity contribution is 6.01. The molecule has 0 spiro atoms. The van der Waals surface area contributed by atoms with Crippen LogP contribution < -0.4 is 10.6 Å². The summed E-state index contributed by atoms with van der Waals surface area (Å²) in [7, 11) is 0. The average molecular weight is 226 g/mol. The molecular formula is C10H18N4O2. The van der Waals surface area contributed by atoms with Crippen molar-refractivity contribution in [3.8, 4) is 0 Å². The molecule has 0 aromatic carbocycles. The Morgan fingerprint density at radius 3 is 2.81 bits per heavy atom. The standard InChI is InChI=1S/C10H18N4O2/c1-8-6-11-2-3-13(8)4-5-14-9(15)7-12-10(14)16/h8,11H,2-7H2,1H3,(H,12,16)/t8-/m0/s1. The van der Waals surface area contributed by atoms with Gasteiger partial charge in [-0.25, -0.2) is 4.79 Å². The average Bonchev–Trinajstić information content (AvgIpc) is 2.58. The van der Waals surface area contributed by atoms with Gasteiger partial charge in [0.25, 0.3) is 0 Å². The predicted octanol–water partition coefficient (Wildman–Crippen LogP) is -1.17. The summed E-state index contributed by atoms with van der Waals surface area (Å²) in [6.07, 6.45) is 0. The van der Waals surface area contributed by atoms with Crippen molar-refractivity contribution in [2.75, 3.05) is 39.3 Å². The predicted molar refractivity (Wildman–Crippen MR) is 59.0 cm³/mol. The van der Waals surface area contributed by atoms with Crippen LogP contribution in [-0.4, -0.2) is 67.0 Å². The molecule has 2 aliphatic rings. The van der Waals surface area contributed by atoms with E-state index in [-0.39, 0.29) is 18.5 Å². The number of imide groups is 1. The van der Waals surface area contributed by atoms with Crippen LogP contribution in [0.4, 0.5) is 4.79 Å². The van der Waals surface area contributed by atoms with E-state index in [0.29, 0.717) is 12.6 Å². The number of urea groups is 1. The molecule has 0 unspecified atom stereocenters. The van der Waals surface area contributed by atoms with Crippen molar-refractivity contribution in [3.05, 3.63) is 0 Å². The van der Waals surface area contributed by atoms with Crippen molar-refractivity contribution < 1.29 is 9.59 Å². The lowest BCUT2D eigenvalue weighted by Crippen LogP contribution is -2.52. The Balaban J connectivity index is 1.82. The van der Waals surface area contributed by atoms with E-state index in [1.807, 2.05) is 0 Å². The Kier molecular flexibility index (Phi) is 3.40. The molecule has 16 heavy (non-hydrogen) atoms. The molecule has 6 nitrogen and oxygen atoms in total. The summed E-state index contributed by atoms with van der Waals surface area (Å²) in [6, 6.07) is 0.210. The van der Waals surface area contributed by atoms with E-state index in [1.165, 1.54) is 4.90 Å². The fourth-order valence-electron chi connectivity index (χ4n) is 2.13. The second-order valence-corrected chi connectivity index (χ2v) is 4.29. The molecule has 0 aliphatic carbocycles. The molecule has 2 fully saturated rings. The third-order valence-electron chi connectivity index (χ3n) is 3.19. The second-order valence-electron chi connectivity index (χ2n) is 4.29. The number of carbonyl (C=O) groups is 2. The van der Waals surface area contributed by atoms with Crippen molar-refractivity contribution in [2.24, 2.45) is 0 Å². The molecule has 2 aliphatic heterocycles. The van der Waals surface area contributed by atoms with E-state index < -0.39 is 0 Å². The minimum atomic E-state index is -0.257. The molecule has 2 saturated heterocycles. The van der Waals surface area contributed by atoms with Crippen LogP contribution >= 0.6 is 0 Å². The lowest BCUT2D eigenvalue weighted by molar-refractivity contribution is -0.125. The first kappa shape index (κ1) is 11.3. The zero-order valence-electron chi connectivity index (χ0n) is 9.53. The largest absolute Gasteiger partial charge is 0.329 e. The van der Waals surface area contributed by atoms with Gasteiger partial charge in [-0.3, -0.25) is 14.6 Å². The van der Waals surface area contributed by atoms with Gasteiger partial charge in [-0.05, 0) is 6.92 Å². The van der Waals surface area contributed by atoms with Gasteiger partial charge in [0.05, 0.1) is 6.54 Å². The molecular weight excluding hydrogens is 208 g/mol. The highest BCUT2D eigenvalue weighted by Gasteiger charge is 2.29. The normalized spacial score (nSPS) is 27.3. The number of nitrogens with one attached hydrogen (secondary N) is 2. The van der Waals surface area contributed by atoms with Crippen LogP contribution in [0.15, 0.2) is 0 Å². The van der Waals surface area contributed by atoms with E-state index in [9.17, 15) is 9.59 Å². The molecule has 3 amide bonds. The Bertz CT molecular complexity index is 279. The molecule has 2 rings (SSSR count). The van der Waals surface area contributed by atoms with E-state index in [0.717, 1.165) is 26.2 Å². The van der Waals surface area contributed by atoms with Gasteiger partial charge >= 0.3 is 6.03 Å². The monoisotopic (exact) mass is 226 g/mol. The van der Waals surface area contributed by atoms with Crippen LogP contribution in [0.2, 0.25) is 0 Å². The van der Waals surface area contributed by atoms with Gasteiger partial charge in [-0.1, -0.05) is 0 Å². The van der Waals surface area contributed by atoms with E-state index in [4.69, 9.17) is 0 Å². The number of nitrogens with zero attached hydrogens (tertiary/aromatic N) is 2. The number of carbonyl (C=O) groups excluding carboxylic acids is 2. The number of hydrogen-bond donors (Lipinski definition) is 2. The molecule has 0 saturated carbocycles. The van der Waals surface area contributed by atoms with Crippen LogP contribution in [-0.2, 0) is 4.79 Å². The van der Waals surface area contributed by atoms with Crippen molar-refractivity contribution >= 4 is 11.9 Å². The smallest absolute Gasteiger partial charge is 0.324 e. The summed E-state index contributed by atoms with van der Waals surface area (Å²) < 4.78 is 0. The van der Waals surface area contributed by atoms with E-state index in [1.54, 1.807) is 0 Å². The maximum atomic E-state index is 11.4. The first-order chi connectivity index (χ1) is 7.68. The first-order valence-corrected chi connectivity index (χ1v) is 5.71. The van der Waals surface area contributed by atoms with E-state index in [2.05, 4.69) is 22.5 Å². The van der Waals surface area contributed by atoms with Crippen molar-refractivity contribution in [1.82, 2.24) is 20.4 Å². The maximum absolute atomic E-state index is 11.4. The Hall–Kier alpha value is -1.14. The molecule has 90 valence electrons. The molecule has 0 aromatic heterocycles. The third-order valence-corrected chi connectivity index (χ3v) is 3.19. The summed E-state index contributed by atoms with van der Waals surface area (Å²) in [5, 5.41) is 5.83. The van der Waals surface area contributed by atoms with Gasteiger partial charge < -0.3 is 10.6 Å². The molecule has 2 N–H and O–H groups in total. The summed E-state index contributed by atoms with van der Waals surface area (Å²) in [5.41, 5.74) is 0. The fourth-order valence-corrected chi connectivity index (χ4v) is 2.13. The van der Waals surface area contributed by atoms with Crippen molar-refractivity contribution in [2.45, 2.75) is 13.0 Å². The molecule has 0 radical (unpaired) electrons. The van der Waals surface area contributed by atoms with Crippen molar-refractivity contribution in [3.63, 3.8) is 0 Å². The molecule has 2 heterocycles. The molecule has 0 bridgehead atoms. The number of amides is 3. The summed E-state index contributed by atoms with van der Waals surface area (Å²) in [5.74, 6) is -0.118. The van der Waals surface area contributed by atoms with Crippen LogP contribution in [0.3, 0.4) is 0 Å². The lowest BCUT2D eigenvalue weighted by atomic mass is 10.2. The number of piperazine rings is 1. The van der Waals surface area contributed by atoms with Gasteiger partial charge in [0.15, 0.2) is 0 Å². The second kappa shape index (κ2) is 4.80. The van der Waals surface area contributed by atoms with Gasteiger partial charge in [0, 0.05) is 38.8 Å². The van der Waals surface area contributed by atoms with Crippen LogP contribution in [0.1, 0.15) is 6.92 Å². The molecule has 0 aromatic rings. The highest BCUT2D eigenvalue weighted by atomic mass is 16.2. The summed E-state index contributed by atoms with van der Waals surface area (Å²) >= 11 is 0. The van der Waals surface area contributed by atoms with Gasteiger partial charge in [0.1, 0.15) is 0 Å². The van der Waals surface area contributed by atoms with Gasteiger partial charge in [-0.15, -0.1) is 0 Å². The quantitative estimate of drug-likeness (QED) is 0.595. The van der Waals surface area contributed by atoms with Crippen LogP contribution in [0.25, 0.3) is 0 Å². The molecule has 1 atom stereocenters. The zero-order chi connectivity index (χ0) is 11.5. The van der Waals surface area contributed by atoms with Gasteiger partial charge in [-0.2, -0.15) is 0 Å². The Morgan fingerprint density at radius 1 is 1.38 bits per heavy atom. The first-order valence-electron chi connectivity index (χ1n) is 5.71. The van der Waals surface area contributed by atoms with Crippen molar-refractivity contribution in [1.29, 1.82) is 0 Å². The number of hydrogen-bond acceptors (Lipinski definition) is 4. The SMILES string of the molecule is C[C@H]1CNCCN1CCN1C(=O)CNC1=O. The van der Waals surface area contributed by atoms with Crippen LogP contribution in [0, 0.1) is 0 Å². The fraction of sp³-hybridized carbons (Fsp3) is 0.800. The maximum Gasteiger partial charge on any atom is 0.324 e. The van der Waals surface area contributed by atoms with Crippen LogP contribution in [0.5, 0.6) is 0 Å². The molecule has 6 heteroatoms. The summed E-state index contributed by atoms with van der Waals surface area (Å²) in [6.45, 7) is 6.49. The highest BCUT2D eigenvalue weighted by Crippen LogP contribution is 2.04. The third kappa shape index (κ3) is 2.33. The Labute approximate surface area is 95.0 Å².